The van der Waals surface area contributed by atoms with E-state index in [0.29, 0.717) is 5.41 Å². The van der Waals surface area contributed by atoms with Crippen LogP contribution >= 0.6 is 0 Å². The molecule has 1 aliphatic rings. The van der Waals surface area contributed by atoms with Crippen molar-refractivity contribution in [3.05, 3.63) is 0 Å². The van der Waals surface area contributed by atoms with Crippen LogP contribution in [-0.4, -0.2) is 25.0 Å². The van der Waals surface area contributed by atoms with Crippen molar-refractivity contribution in [2.24, 2.45) is 17.3 Å². The third-order valence-electron chi connectivity index (χ3n) is 4.53. The van der Waals surface area contributed by atoms with Crippen LogP contribution in [-0.2, 0) is 0 Å². The molecule has 84 valence electrons. The van der Waals surface area contributed by atoms with Gasteiger partial charge in [0.25, 0.3) is 0 Å². The van der Waals surface area contributed by atoms with Crippen LogP contribution in [0, 0.1) is 17.3 Å². The Morgan fingerprint density at radius 3 is 2.71 bits per heavy atom. The summed E-state index contributed by atoms with van der Waals surface area (Å²) < 4.78 is 0. The average Bonchev–Trinajstić information content (AvgIpc) is 2.12. The molecule has 0 bridgehead atoms. The van der Waals surface area contributed by atoms with Crippen LogP contribution in [0.3, 0.4) is 0 Å². The molecule has 1 saturated heterocycles. The Labute approximate surface area is 89.9 Å². The predicted octanol–water partition coefficient (Wildman–Crippen LogP) is 3.40. The van der Waals surface area contributed by atoms with Gasteiger partial charge in [-0.25, -0.2) is 0 Å². The van der Waals surface area contributed by atoms with Gasteiger partial charge in [-0.3, -0.25) is 0 Å². The molecule has 0 N–H and O–H groups in total. The zero-order chi connectivity index (χ0) is 10.8. The van der Waals surface area contributed by atoms with Crippen molar-refractivity contribution in [1.29, 1.82) is 0 Å². The molecule has 3 unspecified atom stereocenters. The SMILES string of the molecule is CCCC(C)C1(C)CN(C)CCC1C. The van der Waals surface area contributed by atoms with Crippen LogP contribution in [0.25, 0.3) is 0 Å². The first-order chi connectivity index (χ1) is 6.50. The molecule has 0 saturated carbocycles. The van der Waals surface area contributed by atoms with Gasteiger partial charge in [-0.15, -0.1) is 0 Å². The second-order valence-corrected chi connectivity index (χ2v) is 5.62. The normalized spacial score (nSPS) is 37.1. The summed E-state index contributed by atoms with van der Waals surface area (Å²) in [7, 11) is 2.27. The van der Waals surface area contributed by atoms with Gasteiger partial charge in [-0.1, -0.05) is 40.5 Å². The van der Waals surface area contributed by atoms with Gasteiger partial charge in [-0.05, 0) is 37.3 Å². The van der Waals surface area contributed by atoms with Crippen molar-refractivity contribution in [2.75, 3.05) is 20.1 Å². The van der Waals surface area contributed by atoms with Crippen molar-refractivity contribution < 1.29 is 0 Å². The van der Waals surface area contributed by atoms with E-state index in [1.807, 2.05) is 0 Å². The number of hydrogen-bond acceptors (Lipinski definition) is 1. The second-order valence-electron chi connectivity index (χ2n) is 5.62. The van der Waals surface area contributed by atoms with Gasteiger partial charge in [0.05, 0.1) is 0 Å². The Bertz CT molecular complexity index is 178. The fourth-order valence-corrected chi connectivity index (χ4v) is 2.96. The molecule has 1 fully saturated rings. The highest BCUT2D eigenvalue weighted by Gasteiger charge is 2.39. The van der Waals surface area contributed by atoms with E-state index in [4.69, 9.17) is 0 Å². The minimum atomic E-state index is 0.545. The minimum Gasteiger partial charge on any atom is -0.306 e. The van der Waals surface area contributed by atoms with Gasteiger partial charge < -0.3 is 4.90 Å². The lowest BCUT2D eigenvalue weighted by Gasteiger charge is -2.48. The van der Waals surface area contributed by atoms with Crippen molar-refractivity contribution >= 4 is 0 Å². The molecule has 0 radical (unpaired) electrons. The molecule has 14 heavy (non-hydrogen) atoms. The maximum absolute atomic E-state index is 2.51. The number of hydrogen-bond donors (Lipinski definition) is 0. The molecule has 1 heteroatoms. The summed E-state index contributed by atoms with van der Waals surface area (Å²) >= 11 is 0. The van der Waals surface area contributed by atoms with E-state index in [9.17, 15) is 0 Å². The largest absolute Gasteiger partial charge is 0.306 e. The van der Waals surface area contributed by atoms with Crippen LogP contribution in [0.2, 0.25) is 0 Å². The number of likely N-dealkylation sites (tertiary alicyclic amines) is 1. The van der Waals surface area contributed by atoms with E-state index >= 15 is 0 Å². The smallest absolute Gasteiger partial charge is 0.00374 e. The topological polar surface area (TPSA) is 3.24 Å². The molecule has 1 rings (SSSR count). The first-order valence-electron chi connectivity index (χ1n) is 6.19. The van der Waals surface area contributed by atoms with Gasteiger partial charge in [0.1, 0.15) is 0 Å². The summed E-state index contributed by atoms with van der Waals surface area (Å²) in [6.07, 6.45) is 4.09. The summed E-state index contributed by atoms with van der Waals surface area (Å²) in [5.41, 5.74) is 0.545. The molecule has 3 atom stereocenters. The number of rotatable bonds is 3. The van der Waals surface area contributed by atoms with Crippen LogP contribution in [0.4, 0.5) is 0 Å². The maximum atomic E-state index is 2.51. The highest BCUT2D eigenvalue weighted by molar-refractivity contribution is 4.90. The minimum absolute atomic E-state index is 0.545. The van der Waals surface area contributed by atoms with Gasteiger partial charge in [0.15, 0.2) is 0 Å². The summed E-state index contributed by atoms with van der Waals surface area (Å²) in [5, 5.41) is 0. The second kappa shape index (κ2) is 4.65. The Hall–Kier alpha value is -0.0400. The Balaban J connectivity index is 2.67. The molecule has 0 spiro atoms. The first-order valence-corrected chi connectivity index (χ1v) is 6.19. The molecular weight excluding hydrogens is 170 g/mol. The van der Waals surface area contributed by atoms with Gasteiger partial charge in [0, 0.05) is 6.54 Å². The fraction of sp³-hybridized carbons (Fsp3) is 1.00. The first kappa shape index (κ1) is 12.0. The zero-order valence-electron chi connectivity index (χ0n) is 10.6. The summed E-state index contributed by atoms with van der Waals surface area (Å²) in [5.74, 6) is 1.76. The molecule has 0 aromatic rings. The summed E-state index contributed by atoms with van der Waals surface area (Å²) in [6.45, 7) is 12.3. The predicted molar refractivity (Wildman–Crippen MR) is 63.5 cm³/mol. The third kappa shape index (κ3) is 2.31. The molecule has 1 nitrogen and oxygen atoms in total. The van der Waals surface area contributed by atoms with Crippen molar-refractivity contribution in [1.82, 2.24) is 4.90 Å². The molecule has 1 heterocycles. The Morgan fingerprint density at radius 2 is 2.14 bits per heavy atom. The molecular formula is C13H27N. The Kier molecular flexibility index (Phi) is 4.00. The van der Waals surface area contributed by atoms with E-state index in [1.165, 1.54) is 32.4 Å². The van der Waals surface area contributed by atoms with Crippen molar-refractivity contribution in [3.63, 3.8) is 0 Å². The Morgan fingerprint density at radius 1 is 1.50 bits per heavy atom. The fourth-order valence-electron chi connectivity index (χ4n) is 2.96. The average molecular weight is 197 g/mol. The van der Waals surface area contributed by atoms with E-state index < -0.39 is 0 Å². The molecule has 0 aliphatic carbocycles. The van der Waals surface area contributed by atoms with Crippen molar-refractivity contribution in [2.45, 2.75) is 47.0 Å². The molecule has 0 aromatic heterocycles. The van der Waals surface area contributed by atoms with Gasteiger partial charge >= 0.3 is 0 Å². The summed E-state index contributed by atoms with van der Waals surface area (Å²) in [4.78, 5) is 2.51. The number of nitrogens with zero attached hydrogens (tertiary/aromatic N) is 1. The van der Waals surface area contributed by atoms with Crippen LogP contribution in [0.5, 0.6) is 0 Å². The van der Waals surface area contributed by atoms with Gasteiger partial charge in [0.2, 0.25) is 0 Å². The molecule has 1 aliphatic heterocycles. The zero-order valence-corrected chi connectivity index (χ0v) is 10.6. The highest BCUT2D eigenvalue weighted by Crippen LogP contribution is 2.42. The monoisotopic (exact) mass is 197 g/mol. The van der Waals surface area contributed by atoms with Crippen molar-refractivity contribution in [3.8, 4) is 0 Å². The summed E-state index contributed by atoms with van der Waals surface area (Å²) in [6, 6.07) is 0. The van der Waals surface area contributed by atoms with Crippen LogP contribution in [0.15, 0.2) is 0 Å². The molecule has 0 amide bonds. The lowest BCUT2D eigenvalue weighted by atomic mass is 9.65. The standard InChI is InChI=1S/C13H27N/c1-6-7-11(2)13(4)10-14(5)9-8-12(13)3/h11-12H,6-10H2,1-5H3. The lowest BCUT2D eigenvalue weighted by molar-refractivity contribution is 0.0147. The van der Waals surface area contributed by atoms with E-state index in [0.717, 1.165) is 11.8 Å². The lowest BCUT2D eigenvalue weighted by Crippen LogP contribution is -2.48. The number of piperidine rings is 1. The van der Waals surface area contributed by atoms with Crippen LogP contribution in [0.1, 0.15) is 47.0 Å². The third-order valence-corrected chi connectivity index (χ3v) is 4.53. The maximum Gasteiger partial charge on any atom is 0.00374 e. The van der Waals surface area contributed by atoms with Crippen LogP contribution < -0.4 is 0 Å². The highest BCUT2D eigenvalue weighted by atomic mass is 15.1. The van der Waals surface area contributed by atoms with E-state index in [1.54, 1.807) is 0 Å². The van der Waals surface area contributed by atoms with Gasteiger partial charge in [-0.2, -0.15) is 0 Å². The quantitative estimate of drug-likeness (QED) is 0.670. The van der Waals surface area contributed by atoms with E-state index in [2.05, 4.69) is 39.6 Å². The molecule has 0 aromatic carbocycles. The van der Waals surface area contributed by atoms with E-state index in [-0.39, 0.29) is 0 Å².